The Morgan fingerprint density at radius 2 is 1.89 bits per heavy atom. The van der Waals surface area contributed by atoms with Crippen LogP contribution in [-0.2, 0) is 9.53 Å². The van der Waals surface area contributed by atoms with Gasteiger partial charge in [0.2, 0.25) is 0 Å². The molecule has 1 amide bonds. The Morgan fingerprint density at radius 1 is 1.15 bits per heavy atom. The number of nitrogens with one attached hydrogen (secondary N) is 1. The van der Waals surface area contributed by atoms with Crippen molar-refractivity contribution in [2.24, 2.45) is 0 Å². The van der Waals surface area contributed by atoms with Gasteiger partial charge >= 0.3 is 5.97 Å². The molecule has 136 valence electrons. The molecule has 0 aliphatic rings. The standard InChI is InChI=1S/C20H16N2O4S/c1-12(18(23)22-19-13(11-21)9-10-27-19)26-20(24)16-7-8-17(25-2)15-6-4-3-5-14(15)16/h3-10,12H,1-2H3,(H,22,23)/t12-/m1/s1. The Labute approximate surface area is 159 Å². The highest BCUT2D eigenvalue weighted by Gasteiger charge is 2.22. The van der Waals surface area contributed by atoms with E-state index in [0.717, 1.165) is 5.39 Å². The number of fused-ring (bicyclic) bond motifs is 1. The maximum absolute atomic E-state index is 12.6. The fourth-order valence-electron chi connectivity index (χ4n) is 2.61. The predicted molar refractivity (Wildman–Crippen MR) is 103 cm³/mol. The van der Waals surface area contributed by atoms with E-state index < -0.39 is 18.0 Å². The average molecular weight is 380 g/mol. The zero-order valence-electron chi connectivity index (χ0n) is 14.7. The summed E-state index contributed by atoms with van der Waals surface area (Å²) in [6, 6.07) is 14.2. The molecule has 0 unspecified atom stereocenters. The van der Waals surface area contributed by atoms with Gasteiger partial charge in [-0.15, -0.1) is 11.3 Å². The van der Waals surface area contributed by atoms with Crippen molar-refractivity contribution in [2.75, 3.05) is 12.4 Å². The van der Waals surface area contributed by atoms with Crippen LogP contribution in [-0.4, -0.2) is 25.1 Å². The number of rotatable bonds is 5. The molecule has 7 heteroatoms. The lowest BCUT2D eigenvalue weighted by atomic mass is 10.0. The van der Waals surface area contributed by atoms with Crippen molar-refractivity contribution in [1.82, 2.24) is 0 Å². The smallest absolute Gasteiger partial charge is 0.339 e. The Balaban J connectivity index is 1.78. The second kappa shape index (κ2) is 7.89. The molecule has 3 rings (SSSR count). The number of carbonyl (C=O) groups is 2. The number of ether oxygens (including phenoxy) is 2. The molecule has 0 fully saturated rings. The summed E-state index contributed by atoms with van der Waals surface area (Å²) in [5, 5.41) is 15.2. The van der Waals surface area contributed by atoms with Gasteiger partial charge in [0.25, 0.3) is 5.91 Å². The molecule has 1 N–H and O–H groups in total. The normalized spacial score (nSPS) is 11.4. The van der Waals surface area contributed by atoms with Crippen molar-refractivity contribution >= 4 is 39.0 Å². The molecule has 27 heavy (non-hydrogen) atoms. The molecule has 0 saturated carbocycles. The number of benzene rings is 2. The topological polar surface area (TPSA) is 88.4 Å². The van der Waals surface area contributed by atoms with Crippen LogP contribution in [0, 0.1) is 11.3 Å². The average Bonchev–Trinajstić information content (AvgIpc) is 3.13. The fourth-order valence-corrected chi connectivity index (χ4v) is 3.35. The highest BCUT2D eigenvalue weighted by molar-refractivity contribution is 7.14. The predicted octanol–water partition coefficient (Wildman–Crippen LogP) is 3.97. The minimum Gasteiger partial charge on any atom is -0.496 e. The lowest BCUT2D eigenvalue weighted by molar-refractivity contribution is -0.123. The van der Waals surface area contributed by atoms with Crippen molar-refractivity contribution in [3.63, 3.8) is 0 Å². The minimum absolute atomic E-state index is 0.347. The molecule has 0 saturated heterocycles. The van der Waals surface area contributed by atoms with Crippen molar-refractivity contribution < 1.29 is 19.1 Å². The van der Waals surface area contributed by atoms with Gasteiger partial charge < -0.3 is 14.8 Å². The van der Waals surface area contributed by atoms with Crippen molar-refractivity contribution in [3.8, 4) is 11.8 Å². The first-order chi connectivity index (χ1) is 13.0. The highest BCUT2D eigenvalue weighted by Crippen LogP contribution is 2.29. The largest absolute Gasteiger partial charge is 0.496 e. The second-order valence-corrected chi connectivity index (χ2v) is 6.59. The first kappa shape index (κ1) is 18.4. The summed E-state index contributed by atoms with van der Waals surface area (Å²) in [6.45, 7) is 1.48. The third-order valence-electron chi connectivity index (χ3n) is 4.00. The molecule has 0 aliphatic carbocycles. The van der Waals surface area contributed by atoms with E-state index in [2.05, 4.69) is 5.32 Å². The number of amides is 1. The molecule has 0 aliphatic heterocycles. The van der Waals surface area contributed by atoms with Crippen LogP contribution in [0.4, 0.5) is 5.00 Å². The quantitative estimate of drug-likeness (QED) is 0.677. The molecule has 1 atom stereocenters. The first-order valence-electron chi connectivity index (χ1n) is 8.10. The maximum atomic E-state index is 12.6. The summed E-state index contributed by atoms with van der Waals surface area (Å²) in [5.74, 6) is -0.460. The monoisotopic (exact) mass is 380 g/mol. The molecule has 6 nitrogen and oxygen atoms in total. The number of thiophene rings is 1. The van der Waals surface area contributed by atoms with E-state index in [1.165, 1.54) is 18.3 Å². The van der Waals surface area contributed by atoms with Crippen LogP contribution in [0.25, 0.3) is 10.8 Å². The summed E-state index contributed by atoms with van der Waals surface area (Å²) >= 11 is 1.23. The molecule has 1 heterocycles. The van der Waals surface area contributed by atoms with Gasteiger partial charge in [0.05, 0.1) is 18.2 Å². The molecule has 0 radical (unpaired) electrons. The van der Waals surface area contributed by atoms with Crippen LogP contribution in [0.1, 0.15) is 22.8 Å². The molecule has 0 spiro atoms. The van der Waals surface area contributed by atoms with Crippen LogP contribution in [0.5, 0.6) is 5.75 Å². The van der Waals surface area contributed by atoms with Gasteiger partial charge in [0.15, 0.2) is 6.10 Å². The Bertz CT molecular complexity index is 1050. The molecular formula is C20H16N2O4S. The van der Waals surface area contributed by atoms with Gasteiger partial charge in [-0.25, -0.2) is 4.79 Å². The van der Waals surface area contributed by atoms with Gasteiger partial charge in [-0.2, -0.15) is 5.26 Å². The van der Waals surface area contributed by atoms with Crippen LogP contribution in [0.2, 0.25) is 0 Å². The van der Waals surface area contributed by atoms with E-state index >= 15 is 0 Å². The van der Waals surface area contributed by atoms with Crippen LogP contribution < -0.4 is 10.1 Å². The number of hydrogen-bond acceptors (Lipinski definition) is 6. The van der Waals surface area contributed by atoms with E-state index in [4.69, 9.17) is 14.7 Å². The minimum atomic E-state index is -1.02. The lowest BCUT2D eigenvalue weighted by Gasteiger charge is -2.15. The van der Waals surface area contributed by atoms with E-state index in [1.807, 2.05) is 24.3 Å². The summed E-state index contributed by atoms with van der Waals surface area (Å²) < 4.78 is 10.7. The van der Waals surface area contributed by atoms with Gasteiger partial charge in [0, 0.05) is 5.39 Å². The van der Waals surface area contributed by atoms with Crippen LogP contribution in [0.3, 0.4) is 0 Å². The fraction of sp³-hybridized carbons (Fsp3) is 0.150. The lowest BCUT2D eigenvalue weighted by Crippen LogP contribution is -2.30. The summed E-state index contributed by atoms with van der Waals surface area (Å²) in [7, 11) is 1.56. The van der Waals surface area contributed by atoms with Gasteiger partial charge in [-0.05, 0) is 35.9 Å². The van der Waals surface area contributed by atoms with Crippen molar-refractivity contribution in [1.29, 1.82) is 5.26 Å². The number of carbonyl (C=O) groups excluding carboxylic acids is 2. The molecule has 1 aromatic heterocycles. The first-order valence-corrected chi connectivity index (χ1v) is 8.98. The molecular weight excluding hydrogens is 364 g/mol. The van der Waals surface area contributed by atoms with Gasteiger partial charge in [-0.3, -0.25) is 4.79 Å². The van der Waals surface area contributed by atoms with E-state index in [9.17, 15) is 9.59 Å². The van der Waals surface area contributed by atoms with Crippen LogP contribution in [0.15, 0.2) is 47.8 Å². The van der Waals surface area contributed by atoms with E-state index in [0.29, 0.717) is 27.3 Å². The molecule has 2 aromatic carbocycles. The highest BCUT2D eigenvalue weighted by atomic mass is 32.1. The summed E-state index contributed by atoms with van der Waals surface area (Å²) in [4.78, 5) is 24.9. The summed E-state index contributed by atoms with van der Waals surface area (Å²) in [6.07, 6.45) is -1.02. The number of anilines is 1. The molecule has 0 bridgehead atoms. The van der Waals surface area contributed by atoms with Crippen molar-refractivity contribution in [2.45, 2.75) is 13.0 Å². The van der Waals surface area contributed by atoms with Crippen LogP contribution >= 0.6 is 11.3 Å². The third kappa shape index (κ3) is 3.76. The zero-order chi connectivity index (χ0) is 19.4. The number of nitriles is 1. The number of methoxy groups -OCH3 is 1. The SMILES string of the molecule is COc1ccc(C(=O)O[C@H](C)C(=O)Nc2sccc2C#N)c2ccccc12. The zero-order valence-corrected chi connectivity index (χ0v) is 15.5. The third-order valence-corrected chi connectivity index (χ3v) is 4.83. The van der Waals surface area contributed by atoms with Gasteiger partial charge in [-0.1, -0.05) is 24.3 Å². The van der Waals surface area contributed by atoms with E-state index in [1.54, 1.807) is 36.8 Å². The molecule has 3 aromatic rings. The number of nitrogens with zero attached hydrogens (tertiary/aromatic N) is 1. The number of esters is 1. The Morgan fingerprint density at radius 3 is 2.59 bits per heavy atom. The Hall–Kier alpha value is -3.37. The second-order valence-electron chi connectivity index (χ2n) is 5.67. The summed E-state index contributed by atoms with van der Waals surface area (Å²) in [5.41, 5.74) is 0.716. The van der Waals surface area contributed by atoms with Gasteiger partial charge in [0.1, 0.15) is 16.8 Å². The Kier molecular flexibility index (Phi) is 5.38. The van der Waals surface area contributed by atoms with Crippen molar-refractivity contribution in [3.05, 3.63) is 59.0 Å². The number of hydrogen-bond donors (Lipinski definition) is 1. The maximum Gasteiger partial charge on any atom is 0.339 e. The van der Waals surface area contributed by atoms with E-state index in [-0.39, 0.29) is 0 Å².